The molecule has 0 fully saturated rings. The summed E-state index contributed by atoms with van der Waals surface area (Å²) in [6, 6.07) is -9.09. The third kappa shape index (κ3) is 22.7. The van der Waals surface area contributed by atoms with E-state index >= 15 is 9.59 Å². The van der Waals surface area contributed by atoms with Crippen LogP contribution in [0.5, 0.6) is 0 Å². The highest BCUT2D eigenvalue weighted by Gasteiger charge is 2.45. The average Bonchev–Trinajstić information content (AvgIpc) is 3.35. The van der Waals surface area contributed by atoms with Crippen LogP contribution in [0.4, 0.5) is 4.79 Å². The average molecular weight is 1120 g/mol. The predicted molar refractivity (Wildman–Crippen MR) is 304 cm³/mol. The van der Waals surface area contributed by atoms with Crippen molar-refractivity contribution in [2.24, 2.45) is 29.6 Å². The zero-order valence-corrected chi connectivity index (χ0v) is 52.5. The molecule has 0 saturated heterocycles. The number of hydrogen-bond donors (Lipinski definition) is 3. The summed E-state index contributed by atoms with van der Waals surface area (Å²) in [5, 5.41) is 8.13. The largest absolute Gasteiger partial charge is 0.468 e. The van der Waals surface area contributed by atoms with E-state index in [0.717, 1.165) is 4.90 Å². The van der Waals surface area contributed by atoms with Crippen LogP contribution in [-0.4, -0.2) is 212 Å². The Morgan fingerprint density at radius 1 is 0.532 bits per heavy atom. The van der Waals surface area contributed by atoms with Crippen molar-refractivity contribution in [1.29, 1.82) is 0 Å². The molecule has 0 unspecified atom stereocenters. The number of methoxy groups -OCH3 is 2. The highest BCUT2D eigenvalue weighted by atomic mass is 16.6. The summed E-state index contributed by atoms with van der Waals surface area (Å²) < 4.78 is 16.2. The maximum atomic E-state index is 15.1. The second-order valence-electron chi connectivity index (χ2n) is 23.6. The number of nitrogens with zero attached hydrogens (tertiary/aromatic N) is 6. The van der Waals surface area contributed by atoms with Gasteiger partial charge in [0.05, 0.1) is 13.2 Å². The minimum atomic E-state index is -1.31. The molecule has 9 amide bonds. The lowest BCUT2D eigenvalue weighted by molar-refractivity contribution is -0.158. The smallest absolute Gasteiger partial charge is 0.410 e. The van der Waals surface area contributed by atoms with Gasteiger partial charge < -0.3 is 54.7 Å². The molecule has 0 radical (unpaired) electrons. The standard InChI is InChI=1S/C57H103N9O13/c1-25-27-28-37(11)47(78-24)46(50(70)60-40(26-2)52(72)61(17)32-44(67)77-23)66(22)55(75)45(36(9)10)65(21)54(74)43(31-35(7)8)63(19)53(73)42(30-34(5)6)62(18)51(71)39(13)59-48(68)38(12)58-49(69)41(29-33(3)4)64(20)56(76)79-57(14,15)16/h25,27,33-43,45-47H,26,28-32H2,1-24H3,(H,58,69)(H,59,68)(H,60,70)/b27-25+/t37-,38+,39-,40+,41+,42+,43+,45+,46+,47-/m1/s1. The molecule has 0 saturated carbocycles. The Bertz CT molecular complexity index is 2080. The van der Waals surface area contributed by atoms with Crippen molar-refractivity contribution < 1.29 is 62.2 Å². The van der Waals surface area contributed by atoms with Crippen molar-refractivity contribution in [1.82, 2.24) is 45.3 Å². The van der Waals surface area contributed by atoms with Gasteiger partial charge in [-0.15, -0.1) is 0 Å². The first-order valence-electron chi connectivity index (χ1n) is 27.8. The molecule has 0 bridgehead atoms. The summed E-state index contributed by atoms with van der Waals surface area (Å²) in [5.41, 5.74) is -0.809. The fourth-order valence-corrected chi connectivity index (χ4v) is 9.23. The van der Waals surface area contributed by atoms with Gasteiger partial charge in [0.1, 0.15) is 60.5 Å². The number of allylic oxidation sites excluding steroid dienone is 2. The van der Waals surface area contributed by atoms with E-state index in [1.54, 1.807) is 41.5 Å². The quantitative estimate of drug-likeness (QED) is 0.0641. The van der Waals surface area contributed by atoms with Crippen LogP contribution in [0.15, 0.2) is 12.2 Å². The number of nitrogens with one attached hydrogen (secondary N) is 3. The molecule has 79 heavy (non-hydrogen) atoms. The maximum absolute atomic E-state index is 15.1. The van der Waals surface area contributed by atoms with E-state index in [9.17, 15) is 38.4 Å². The van der Waals surface area contributed by atoms with Crippen molar-refractivity contribution in [2.45, 2.75) is 203 Å². The molecule has 0 aliphatic rings. The zero-order valence-electron chi connectivity index (χ0n) is 52.5. The summed E-state index contributed by atoms with van der Waals surface area (Å²) in [6.07, 6.45) is 3.42. The number of amides is 9. The van der Waals surface area contributed by atoms with Crippen LogP contribution in [0.3, 0.4) is 0 Å². The highest BCUT2D eigenvalue weighted by Crippen LogP contribution is 2.26. The van der Waals surface area contributed by atoms with E-state index in [-0.39, 0.29) is 55.9 Å². The molecular formula is C57H103N9O13. The topological polar surface area (TPSA) is 254 Å². The molecule has 3 N–H and O–H groups in total. The van der Waals surface area contributed by atoms with Gasteiger partial charge >= 0.3 is 12.1 Å². The first-order valence-corrected chi connectivity index (χ1v) is 27.8. The van der Waals surface area contributed by atoms with Crippen molar-refractivity contribution >= 4 is 59.3 Å². The van der Waals surface area contributed by atoms with Gasteiger partial charge in [0.25, 0.3) is 0 Å². The molecule has 0 aromatic carbocycles. The van der Waals surface area contributed by atoms with Crippen LogP contribution in [-0.2, 0) is 57.4 Å². The number of ether oxygens (including phenoxy) is 3. The Hall–Kier alpha value is -5.80. The fraction of sp³-hybridized carbons (Fsp3) is 0.789. The van der Waals surface area contributed by atoms with Gasteiger partial charge in [0, 0.05) is 49.4 Å². The molecule has 454 valence electrons. The SMILES string of the molecule is C/C=C/C[C@@H](C)[C@@H](OC)[C@@H](C(=O)N[C@@H](CC)C(=O)N(C)CC(=O)OC)N(C)C(=O)[C@H](C(C)C)N(C)C(=O)[C@H](CC(C)C)N(C)C(=O)[C@H](CC(C)C)N(C)C(=O)[C@@H](C)NC(=O)[C@H](C)NC(=O)[C@H](CC(C)C)N(C)C(=O)OC(C)(C)C. The third-order valence-corrected chi connectivity index (χ3v) is 13.8. The molecule has 0 aliphatic heterocycles. The van der Waals surface area contributed by atoms with E-state index < -0.39 is 125 Å². The van der Waals surface area contributed by atoms with E-state index in [1.165, 1.54) is 94.9 Å². The van der Waals surface area contributed by atoms with Crippen LogP contribution in [0, 0.1) is 29.6 Å². The van der Waals surface area contributed by atoms with Crippen molar-refractivity contribution in [2.75, 3.05) is 63.1 Å². The van der Waals surface area contributed by atoms with Gasteiger partial charge in [-0.3, -0.25) is 48.1 Å². The second kappa shape index (κ2) is 33.7. The lowest BCUT2D eigenvalue weighted by Crippen LogP contribution is -2.63. The normalized spacial score (nSPS) is 15.6. The Labute approximate surface area is 473 Å². The van der Waals surface area contributed by atoms with Crippen molar-refractivity contribution in [3.8, 4) is 0 Å². The molecule has 0 rings (SSSR count). The Kier molecular flexibility index (Phi) is 31.2. The molecule has 10 atom stereocenters. The molecule has 22 heteroatoms. The fourth-order valence-electron chi connectivity index (χ4n) is 9.23. The highest BCUT2D eigenvalue weighted by molar-refractivity contribution is 5.98. The molecular weight excluding hydrogens is 1020 g/mol. The molecule has 0 aromatic heterocycles. The second-order valence-corrected chi connectivity index (χ2v) is 23.6. The van der Waals surface area contributed by atoms with E-state index in [1.807, 2.05) is 67.5 Å². The summed E-state index contributed by atoms with van der Waals surface area (Å²) in [5.74, 6) is -6.64. The predicted octanol–water partition coefficient (Wildman–Crippen LogP) is 4.48. The molecule has 0 aromatic rings. The molecule has 0 heterocycles. The van der Waals surface area contributed by atoms with Gasteiger partial charge in [-0.1, -0.05) is 81.4 Å². The summed E-state index contributed by atoms with van der Waals surface area (Å²) in [6.45, 7) is 28.0. The minimum Gasteiger partial charge on any atom is -0.468 e. The monoisotopic (exact) mass is 1120 g/mol. The molecule has 0 aliphatic carbocycles. The summed E-state index contributed by atoms with van der Waals surface area (Å²) >= 11 is 0. The van der Waals surface area contributed by atoms with Crippen LogP contribution in [0.25, 0.3) is 0 Å². The van der Waals surface area contributed by atoms with Crippen LogP contribution in [0.2, 0.25) is 0 Å². The first kappa shape index (κ1) is 73.2. The minimum absolute atomic E-state index is 0.000647. The lowest BCUT2D eigenvalue weighted by atomic mass is 9.91. The van der Waals surface area contributed by atoms with Crippen LogP contribution in [0.1, 0.15) is 143 Å². The van der Waals surface area contributed by atoms with E-state index in [0.29, 0.717) is 6.42 Å². The zero-order chi connectivity index (χ0) is 61.7. The number of hydrogen-bond acceptors (Lipinski definition) is 13. The number of carbonyl (C=O) groups is 10. The number of likely N-dealkylation sites (N-methyl/N-ethyl adjacent to an activating group) is 6. The van der Waals surface area contributed by atoms with Gasteiger partial charge in [0.2, 0.25) is 47.3 Å². The van der Waals surface area contributed by atoms with E-state index in [2.05, 4.69) is 16.0 Å². The Balaban J connectivity index is 7.04. The summed E-state index contributed by atoms with van der Waals surface area (Å²) in [7, 11) is 11.4. The summed E-state index contributed by atoms with van der Waals surface area (Å²) in [4.78, 5) is 147. The van der Waals surface area contributed by atoms with Gasteiger partial charge in [-0.05, 0) is 103 Å². The molecule has 22 nitrogen and oxygen atoms in total. The van der Waals surface area contributed by atoms with Gasteiger partial charge in [0.15, 0.2) is 0 Å². The third-order valence-electron chi connectivity index (χ3n) is 13.8. The molecule has 0 spiro atoms. The van der Waals surface area contributed by atoms with Gasteiger partial charge in [-0.2, -0.15) is 0 Å². The van der Waals surface area contributed by atoms with Crippen LogP contribution >= 0.6 is 0 Å². The Morgan fingerprint density at radius 2 is 0.987 bits per heavy atom. The number of carbonyl (C=O) groups excluding carboxylic acids is 10. The van der Waals surface area contributed by atoms with Crippen LogP contribution < -0.4 is 16.0 Å². The Morgan fingerprint density at radius 3 is 1.42 bits per heavy atom. The van der Waals surface area contributed by atoms with Gasteiger partial charge in [-0.25, -0.2) is 4.79 Å². The maximum Gasteiger partial charge on any atom is 0.410 e. The van der Waals surface area contributed by atoms with E-state index in [4.69, 9.17) is 14.2 Å². The number of rotatable bonds is 31. The number of esters is 1. The van der Waals surface area contributed by atoms with Crippen molar-refractivity contribution in [3.05, 3.63) is 12.2 Å². The van der Waals surface area contributed by atoms with Crippen molar-refractivity contribution in [3.63, 3.8) is 0 Å². The first-order chi connectivity index (χ1) is 36.4. The lowest BCUT2D eigenvalue weighted by Gasteiger charge is -2.42.